The maximum Gasteiger partial charge on any atom is 0.312 e. The summed E-state index contributed by atoms with van der Waals surface area (Å²) in [6, 6.07) is 10.1. The molecule has 0 saturated heterocycles. The smallest absolute Gasteiger partial charge is 0.312 e. The van der Waals surface area contributed by atoms with Crippen molar-refractivity contribution in [1.29, 1.82) is 0 Å². The van der Waals surface area contributed by atoms with Crippen LogP contribution in [0.1, 0.15) is 104 Å². The van der Waals surface area contributed by atoms with Crippen LogP contribution in [0, 0.1) is 56.7 Å². The number of hydrogen-bond donors (Lipinski definition) is 2. The van der Waals surface area contributed by atoms with E-state index < -0.39 is 16.9 Å². The van der Waals surface area contributed by atoms with Gasteiger partial charge >= 0.3 is 5.97 Å². The van der Waals surface area contributed by atoms with Gasteiger partial charge in [-0.3, -0.25) is 4.79 Å². The molecule has 5 fully saturated rings. The van der Waals surface area contributed by atoms with Crippen molar-refractivity contribution in [1.82, 2.24) is 0 Å². The topological polar surface area (TPSA) is 66.8 Å². The highest BCUT2D eigenvalue weighted by atomic mass is 16.5. The Hall–Kier alpha value is -1.65. The SMILES string of the molecule is C=C(C)[C@@H]1CC[C@]2(C(=O)OCc3ccccc3)CC[C@]3(C)C(CCC4[C@@]5(C)CC[C@H](O)[C@@](C)(CO)C5CC[C@]43C)C12. The lowest BCUT2D eigenvalue weighted by Gasteiger charge is -2.72. The van der Waals surface area contributed by atoms with Gasteiger partial charge in [0.15, 0.2) is 0 Å². The molecule has 0 radical (unpaired) electrons. The van der Waals surface area contributed by atoms with E-state index in [1.54, 1.807) is 0 Å². The average Bonchev–Trinajstić information content (AvgIpc) is 3.36. The van der Waals surface area contributed by atoms with Gasteiger partial charge in [0.05, 0.1) is 18.1 Å². The molecule has 0 spiro atoms. The molecular weight excluding hydrogens is 508 g/mol. The molecule has 5 saturated carbocycles. The van der Waals surface area contributed by atoms with Gasteiger partial charge in [0.25, 0.3) is 0 Å². The Morgan fingerprint density at radius 2 is 1.63 bits per heavy atom. The average molecular weight is 563 g/mol. The van der Waals surface area contributed by atoms with E-state index in [-0.39, 0.29) is 28.8 Å². The van der Waals surface area contributed by atoms with Crippen LogP contribution in [0.3, 0.4) is 0 Å². The number of fused-ring (bicyclic) bond motifs is 7. The van der Waals surface area contributed by atoms with Crippen molar-refractivity contribution >= 4 is 5.97 Å². The maximum atomic E-state index is 14.2. The standard InChI is InChI=1S/C37H54O4/c1-24(2)26-14-19-37(32(40)41-22-25-10-8-7-9-11-25)21-20-35(5)27(31(26)37)12-13-29-33(3)17-16-30(39)34(4,23-38)28(33)15-18-36(29,35)6/h7-11,26-31,38-39H,1,12-23H2,2-6H3/t26-,27?,28?,29?,30-,31?,33-,34-,35+,36+,37-/m0/s1. The molecular formula is C37H54O4. The number of hydrogen-bond acceptors (Lipinski definition) is 4. The molecule has 0 aromatic heterocycles. The Kier molecular flexibility index (Phi) is 7.14. The minimum atomic E-state index is -0.424. The van der Waals surface area contributed by atoms with Gasteiger partial charge in [0.1, 0.15) is 6.61 Å². The van der Waals surface area contributed by atoms with E-state index >= 15 is 0 Å². The van der Waals surface area contributed by atoms with Gasteiger partial charge in [-0.15, -0.1) is 0 Å². The summed E-state index contributed by atoms with van der Waals surface area (Å²) in [4.78, 5) is 14.2. The van der Waals surface area contributed by atoms with Gasteiger partial charge in [-0.1, -0.05) is 70.2 Å². The minimum absolute atomic E-state index is 0.0279. The van der Waals surface area contributed by atoms with Crippen LogP contribution in [-0.4, -0.2) is 28.9 Å². The van der Waals surface area contributed by atoms with E-state index in [2.05, 4.69) is 41.2 Å². The second kappa shape index (κ2) is 9.94. The minimum Gasteiger partial charge on any atom is -0.460 e. The quantitative estimate of drug-likeness (QED) is 0.285. The zero-order valence-corrected chi connectivity index (χ0v) is 26.3. The number of ether oxygens (including phenoxy) is 1. The number of carbonyl (C=O) groups excluding carboxylic acids is 1. The summed E-state index contributed by atoms with van der Waals surface area (Å²) in [6.45, 7) is 16.9. The summed E-state index contributed by atoms with van der Waals surface area (Å²) in [5.41, 5.74) is 1.88. The van der Waals surface area contributed by atoms with Crippen molar-refractivity contribution in [3.05, 3.63) is 48.0 Å². The van der Waals surface area contributed by atoms with Crippen LogP contribution in [0.25, 0.3) is 0 Å². The number of allylic oxidation sites excluding steroid dienone is 1. The molecule has 0 bridgehead atoms. The fourth-order valence-electron chi connectivity index (χ4n) is 12.4. The summed E-state index contributed by atoms with van der Waals surface area (Å²) in [7, 11) is 0. The van der Waals surface area contributed by atoms with Gasteiger partial charge in [0, 0.05) is 5.41 Å². The molecule has 41 heavy (non-hydrogen) atoms. The first-order chi connectivity index (χ1) is 19.4. The van der Waals surface area contributed by atoms with E-state index in [0.717, 1.165) is 63.4 Å². The van der Waals surface area contributed by atoms with Crippen molar-refractivity contribution in [2.45, 2.75) is 112 Å². The van der Waals surface area contributed by atoms with Crippen molar-refractivity contribution in [2.24, 2.45) is 56.7 Å². The number of rotatable bonds is 5. The maximum absolute atomic E-state index is 14.2. The molecule has 4 unspecified atom stereocenters. The normalized spacial score (nSPS) is 48.8. The van der Waals surface area contributed by atoms with Crippen molar-refractivity contribution in [2.75, 3.05) is 6.61 Å². The van der Waals surface area contributed by atoms with Gasteiger partial charge in [-0.2, -0.15) is 0 Å². The molecule has 1 aromatic rings. The fourth-order valence-corrected chi connectivity index (χ4v) is 12.4. The summed E-state index contributed by atoms with van der Waals surface area (Å²) >= 11 is 0. The molecule has 4 nitrogen and oxygen atoms in total. The summed E-state index contributed by atoms with van der Waals surface area (Å²) in [5, 5.41) is 21.6. The molecule has 2 N–H and O–H groups in total. The number of aliphatic hydroxyl groups is 2. The van der Waals surface area contributed by atoms with Gasteiger partial charge < -0.3 is 14.9 Å². The van der Waals surface area contributed by atoms with Crippen LogP contribution in [0.4, 0.5) is 0 Å². The van der Waals surface area contributed by atoms with Crippen LogP contribution in [0.15, 0.2) is 42.5 Å². The zero-order valence-electron chi connectivity index (χ0n) is 26.3. The third-order valence-corrected chi connectivity index (χ3v) is 14.8. The lowest BCUT2D eigenvalue weighted by atomic mass is 9.32. The molecule has 4 heteroatoms. The van der Waals surface area contributed by atoms with Gasteiger partial charge in [-0.05, 0) is 123 Å². The first kappa shape index (κ1) is 29.4. The summed E-state index contributed by atoms with van der Waals surface area (Å²) in [5.74, 6) is 2.08. The third kappa shape index (κ3) is 3.94. The predicted octanol–water partition coefficient (Wildman–Crippen LogP) is 7.72. The Labute approximate surface area is 248 Å². The zero-order chi connectivity index (χ0) is 29.4. The molecule has 1 aromatic carbocycles. The monoisotopic (exact) mass is 562 g/mol. The van der Waals surface area contributed by atoms with Gasteiger partial charge in [0.2, 0.25) is 0 Å². The van der Waals surface area contributed by atoms with E-state index in [9.17, 15) is 15.0 Å². The van der Waals surface area contributed by atoms with Crippen molar-refractivity contribution in [3.63, 3.8) is 0 Å². The van der Waals surface area contributed by atoms with Crippen LogP contribution in [-0.2, 0) is 16.1 Å². The van der Waals surface area contributed by atoms with Crippen LogP contribution in [0.2, 0.25) is 0 Å². The van der Waals surface area contributed by atoms with Crippen LogP contribution in [0.5, 0.6) is 0 Å². The largest absolute Gasteiger partial charge is 0.460 e. The summed E-state index contributed by atoms with van der Waals surface area (Å²) in [6.07, 6.45) is 9.90. The molecule has 5 aliphatic rings. The summed E-state index contributed by atoms with van der Waals surface area (Å²) < 4.78 is 6.16. The fraction of sp³-hybridized carbons (Fsp3) is 0.757. The second-order valence-electron chi connectivity index (χ2n) is 16.1. The molecule has 0 amide bonds. The lowest BCUT2D eigenvalue weighted by Crippen LogP contribution is -2.67. The number of benzene rings is 1. The van der Waals surface area contributed by atoms with Crippen molar-refractivity contribution in [3.8, 4) is 0 Å². The third-order valence-electron chi connectivity index (χ3n) is 14.8. The van der Waals surface area contributed by atoms with E-state index in [1.165, 1.54) is 12.0 Å². The van der Waals surface area contributed by atoms with E-state index in [4.69, 9.17) is 4.74 Å². The highest BCUT2D eigenvalue weighted by Crippen LogP contribution is 2.77. The lowest BCUT2D eigenvalue weighted by molar-refractivity contribution is -0.254. The molecule has 226 valence electrons. The molecule has 11 atom stereocenters. The highest BCUT2D eigenvalue weighted by molar-refractivity contribution is 5.78. The second-order valence-corrected chi connectivity index (χ2v) is 16.1. The Balaban J connectivity index is 1.34. The first-order valence-electron chi connectivity index (χ1n) is 16.5. The molecule has 0 aliphatic heterocycles. The van der Waals surface area contributed by atoms with Crippen LogP contribution < -0.4 is 0 Å². The van der Waals surface area contributed by atoms with Crippen LogP contribution >= 0.6 is 0 Å². The Bertz CT molecular complexity index is 1180. The highest BCUT2D eigenvalue weighted by Gasteiger charge is 2.72. The Morgan fingerprint density at radius 3 is 2.32 bits per heavy atom. The molecule has 0 heterocycles. The predicted molar refractivity (Wildman–Crippen MR) is 163 cm³/mol. The molecule has 6 rings (SSSR count). The first-order valence-corrected chi connectivity index (χ1v) is 16.5. The van der Waals surface area contributed by atoms with Crippen molar-refractivity contribution < 1.29 is 19.7 Å². The number of aliphatic hydroxyl groups excluding tert-OH is 2. The number of esters is 1. The molecule has 5 aliphatic carbocycles. The number of carbonyl (C=O) groups is 1. The van der Waals surface area contributed by atoms with Gasteiger partial charge in [-0.25, -0.2) is 0 Å². The van der Waals surface area contributed by atoms with E-state index in [0.29, 0.717) is 36.2 Å². The van der Waals surface area contributed by atoms with E-state index in [1.807, 2.05) is 30.3 Å². The Morgan fingerprint density at radius 1 is 0.902 bits per heavy atom.